The number of halogens is 3. The fourth-order valence-corrected chi connectivity index (χ4v) is 1.83. The fourth-order valence-electron chi connectivity index (χ4n) is 1.83. The summed E-state index contributed by atoms with van der Waals surface area (Å²) in [5, 5.41) is 11.9. The molecule has 108 valence electrons. The molecule has 20 heavy (non-hydrogen) atoms. The predicted octanol–water partition coefficient (Wildman–Crippen LogP) is 1.74. The van der Waals surface area contributed by atoms with Gasteiger partial charge < -0.3 is 5.73 Å². The Morgan fingerprint density at radius 3 is 2.55 bits per heavy atom. The first-order valence-corrected chi connectivity index (χ1v) is 5.84. The molecule has 2 rings (SSSR count). The molecule has 2 amide bonds. The van der Waals surface area contributed by atoms with Crippen LogP contribution < -0.4 is 5.73 Å². The van der Waals surface area contributed by atoms with Gasteiger partial charge in [-0.1, -0.05) is 6.92 Å². The highest BCUT2D eigenvalue weighted by Crippen LogP contribution is 2.28. The summed E-state index contributed by atoms with van der Waals surface area (Å²) in [6.45, 7) is 2.10. The number of carbonyl (C=O) groups is 1. The zero-order valence-corrected chi connectivity index (χ0v) is 10.6. The number of carbonyl (C=O) groups excluding carboxylic acids is 1. The van der Waals surface area contributed by atoms with Crippen LogP contribution in [0.2, 0.25) is 0 Å². The van der Waals surface area contributed by atoms with Crippen molar-refractivity contribution >= 4 is 11.7 Å². The minimum Gasteiger partial charge on any atom is -0.350 e. The number of rotatable bonds is 2. The SMILES string of the molecule is C[C@@H](C1=NN(C(N)=O)CC1)c1ccc(C(F)(F)F)nn1. The molecular weight excluding hydrogens is 275 g/mol. The Hall–Kier alpha value is -2.19. The number of nitrogens with zero attached hydrogens (tertiary/aromatic N) is 4. The van der Waals surface area contributed by atoms with Crippen LogP contribution in [0.25, 0.3) is 0 Å². The van der Waals surface area contributed by atoms with Gasteiger partial charge in [0.25, 0.3) is 0 Å². The van der Waals surface area contributed by atoms with Crippen LogP contribution in [0.4, 0.5) is 18.0 Å². The molecule has 1 aromatic rings. The maximum absolute atomic E-state index is 12.4. The van der Waals surface area contributed by atoms with Gasteiger partial charge in [-0.05, 0) is 12.1 Å². The molecule has 6 nitrogen and oxygen atoms in total. The number of amides is 2. The van der Waals surface area contributed by atoms with Crippen molar-refractivity contribution < 1.29 is 18.0 Å². The van der Waals surface area contributed by atoms with Crippen LogP contribution in [0, 0.1) is 0 Å². The molecule has 1 atom stereocenters. The van der Waals surface area contributed by atoms with E-state index in [9.17, 15) is 18.0 Å². The number of hydrogen-bond acceptors (Lipinski definition) is 4. The summed E-state index contributed by atoms with van der Waals surface area (Å²) in [4.78, 5) is 10.9. The van der Waals surface area contributed by atoms with E-state index in [1.54, 1.807) is 6.92 Å². The maximum Gasteiger partial charge on any atom is 0.435 e. The van der Waals surface area contributed by atoms with Crippen molar-refractivity contribution in [1.82, 2.24) is 15.2 Å². The van der Waals surface area contributed by atoms with Gasteiger partial charge in [0, 0.05) is 18.1 Å². The number of hydrazone groups is 1. The molecule has 0 saturated heterocycles. The summed E-state index contributed by atoms with van der Waals surface area (Å²) in [5.74, 6) is -0.325. The summed E-state index contributed by atoms with van der Waals surface area (Å²) in [6.07, 6.45) is -4.00. The zero-order valence-electron chi connectivity index (χ0n) is 10.6. The molecular formula is C11H12F3N5O. The molecule has 0 bridgehead atoms. The third-order valence-corrected chi connectivity index (χ3v) is 3.00. The van der Waals surface area contributed by atoms with Crippen LogP contribution in [0.1, 0.15) is 30.7 Å². The minimum absolute atomic E-state index is 0.325. The molecule has 0 aliphatic carbocycles. The molecule has 1 aromatic heterocycles. The normalized spacial score (nSPS) is 17.0. The number of nitrogens with two attached hydrogens (primary N) is 1. The number of urea groups is 1. The number of hydrogen-bond donors (Lipinski definition) is 1. The topological polar surface area (TPSA) is 84.5 Å². The first-order chi connectivity index (χ1) is 9.29. The molecule has 2 heterocycles. The predicted molar refractivity (Wildman–Crippen MR) is 63.8 cm³/mol. The maximum atomic E-state index is 12.4. The lowest BCUT2D eigenvalue weighted by Crippen LogP contribution is -2.29. The van der Waals surface area contributed by atoms with Crippen molar-refractivity contribution in [3.8, 4) is 0 Å². The summed E-state index contributed by atoms with van der Waals surface area (Å²) in [6, 6.07) is 1.47. The Kier molecular flexibility index (Phi) is 3.60. The van der Waals surface area contributed by atoms with Gasteiger partial charge in [-0.25, -0.2) is 9.80 Å². The Morgan fingerprint density at radius 1 is 1.40 bits per heavy atom. The Balaban J connectivity index is 2.16. The van der Waals surface area contributed by atoms with Gasteiger partial charge >= 0.3 is 12.2 Å². The van der Waals surface area contributed by atoms with Crippen molar-refractivity contribution in [3.63, 3.8) is 0 Å². The molecule has 9 heteroatoms. The Labute approximate surface area is 112 Å². The quantitative estimate of drug-likeness (QED) is 0.899. The van der Waals surface area contributed by atoms with Crippen LogP contribution >= 0.6 is 0 Å². The van der Waals surface area contributed by atoms with Crippen molar-refractivity contribution in [3.05, 3.63) is 23.5 Å². The summed E-state index contributed by atoms with van der Waals surface area (Å²) in [5.41, 5.74) is 5.05. The van der Waals surface area contributed by atoms with Crippen LogP contribution in [0.5, 0.6) is 0 Å². The van der Waals surface area contributed by atoms with Gasteiger partial charge in [0.2, 0.25) is 0 Å². The molecule has 1 aliphatic rings. The van der Waals surface area contributed by atoms with Gasteiger partial charge in [-0.15, -0.1) is 5.10 Å². The molecule has 2 N–H and O–H groups in total. The van der Waals surface area contributed by atoms with Gasteiger partial charge in [0.05, 0.1) is 12.2 Å². The van der Waals surface area contributed by atoms with E-state index in [0.717, 1.165) is 11.1 Å². The second kappa shape index (κ2) is 5.06. The average Bonchev–Trinajstić information content (AvgIpc) is 2.86. The van der Waals surface area contributed by atoms with Crippen molar-refractivity contribution in [2.45, 2.75) is 25.4 Å². The molecule has 0 radical (unpaired) electrons. The van der Waals surface area contributed by atoms with Crippen molar-refractivity contribution in [1.29, 1.82) is 0 Å². The molecule has 0 spiro atoms. The van der Waals surface area contributed by atoms with E-state index in [0.29, 0.717) is 24.4 Å². The van der Waals surface area contributed by atoms with E-state index in [1.807, 2.05) is 0 Å². The lowest BCUT2D eigenvalue weighted by molar-refractivity contribution is -0.141. The number of aromatic nitrogens is 2. The highest BCUT2D eigenvalue weighted by molar-refractivity contribution is 5.93. The third-order valence-electron chi connectivity index (χ3n) is 3.00. The summed E-state index contributed by atoms with van der Waals surface area (Å²) in [7, 11) is 0. The number of alkyl halides is 3. The smallest absolute Gasteiger partial charge is 0.350 e. The van der Waals surface area contributed by atoms with E-state index >= 15 is 0 Å². The zero-order chi connectivity index (χ0) is 14.9. The molecule has 1 aliphatic heterocycles. The van der Waals surface area contributed by atoms with E-state index in [2.05, 4.69) is 15.3 Å². The average molecular weight is 287 g/mol. The molecule has 0 fully saturated rings. The Bertz CT molecular complexity index is 540. The van der Waals surface area contributed by atoms with Gasteiger partial charge in [-0.3, -0.25) is 0 Å². The second-order valence-electron chi connectivity index (χ2n) is 4.37. The van der Waals surface area contributed by atoms with Gasteiger partial charge in [0.1, 0.15) is 0 Å². The second-order valence-corrected chi connectivity index (χ2v) is 4.37. The van der Waals surface area contributed by atoms with Crippen LogP contribution in [0.3, 0.4) is 0 Å². The fraction of sp³-hybridized carbons (Fsp3) is 0.455. The van der Waals surface area contributed by atoms with E-state index < -0.39 is 17.9 Å². The molecule has 0 unspecified atom stereocenters. The lowest BCUT2D eigenvalue weighted by Gasteiger charge is -2.11. The standard InChI is InChI=1S/C11H12F3N5O/c1-6(8-4-5-19(18-8)10(15)20)7-2-3-9(17-16-7)11(12,13)14/h2-3,6H,4-5H2,1H3,(H2,15,20)/t6-/m1/s1. The summed E-state index contributed by atoms with van der Waals surface area (Å²) >= 11 is 0. The highest BCUT2D eigenvalue weighted by atomic mass is 19.4. The van der Waals surface area contributed by atoms with E-state index in [1.165, 1.54) is 6.07 Å². The monoisotopic (exact) mass is 287 g/mol. The lowest BCUT2D eigenvalue weighted by atomic mass is 9.99. The Morgan fingerprint density at radius 2 is 2.10 bits per heavy atom. The number of primary amides is 1. The highest BCUT2D eigenvalue weighted by Gasteiger charge is 2.33. The van der Waals surface area contributed by atoms with Gasteiger partial charge in [-0.2, -0.15) is 23.4 Å². The van der Waals surface area contributed by atoms with Crippen molar-refractivity contribution in [2.24, 2.45) is 10.8 Å². The summed E-state index contributed by atoms with van der Waals surface area (Å²) < 4.78 is 37.1. The first-order valence-electron chi connectivity index (χ1n) is 5.84. The van der Waals surface area contributed by atoms with E-state index in [4.69, 9.17) is 5.73 Å². The molecule has 0 saturated carbocycles. The van der Waals surface area contributed by atoms with Gasteiger partial charge in [0.15, 0.2) is 5.69 Å². The largest absolute Gasteiger partial charge is 0.435 e. The van der Waals surface area contributed by atoms with Crippen molar-refractivity contribution in [2.75, 3.05) is 6.54 Å². The van der Waals surface area contributed by atoms with Crippen LogP contribution in [-0.4, -0.2) is 33.5 Å². The first kappa shape index (κ1) is 14.2. The molecule has 0 aromatic carbocycles. The van der Waals surface area contributed by atoms with E-state index in [-0.39, 0.29) is 5.92 Å². The van der Waals surface area contributed by atoms with Crippen LogP contribution in [0.15, 0.2) is 17.2 Å². The minimum atomic E-state index is -4.51. The van der Waals surface area contributed by atoms with Crippen LogP contribution in [-0.2, 0) is 6.18 Å². The third kappa shape index (κ3) is 2.86.